The number of nitrogens with zero attached hydrogens (tertiary/aromatic N) is 1. The molecule has 17 heavy (non-hydrogen) atoms. The fourth-order valence-electron chi connectivity index (χ4n) is 1.43. The van der Waals surface area contributed by atoms with Gasteiger partial charge in [-0.2, -0.15) is 5.26 Å². The minimum Gasteiger partial charge on any atom is -0.481 e. The second kappa shape index (κ2) is 5.99. The zero-order valence-electron chi connectivity index (χ0n) is 9.08. The molecule has 0 saturated carbocycles. The standard InChI is InChI=1S/C12H13NO4/c13-6-5-10(14)12(17)9-3-1-8(2-4-9)7-11(15)16/h1-4,10,12,14,17H,5,7H2,(H,15,16). The lowest BCUT2D eigenvalue weighted by Gasteiger charge is -2.15. The van der Waals surface area contributed by atoms with Crippen LogP contribution in [-0.2, 0) is 11.2 Å². The zero-order chi connectivity index (χ0) is 12.8. The highest BCUT2D eigenvalue weighted by atomic mass is 16.4. The van der Waals surface area contributed by atoms with Crippen LogP contribution in [0.1, 0.15) is 23.7 Å². The van der Waals surface area contributed by atoms with Crippen LogP contribution in [0.3, 0.4) is 0 Å². The Morgan fingerprint density at radius 2 is 1.88 bits per heavy atom. The van der Waals surface area contributed by atoms with Crippen molar-refractivity contribution < 1.29 is 20.1 Å². The van der Waals surface area contributed by atoms with E-state index in [1.807, 2.05) is 0 Å². The molecule has 0 amide bonds. The lowest BCUT2D eigenvalue weighted by atomic mass is 10.0. The number of hydrogen-bond donors (Lipinski definition) is 3. The maximum atomic E-state index is 10.5. The minimum absolute atomic E-state index is 0.0862. The van der Waals surface area contributed by atoms with Gasteiger partial charge in [0, 0.05) is 0 Å². The first-order chi connectivity index (χ1) is 8.04. The van der Waals surface area contributed by atoms with Gasteiger partial charge in [-0.05, 0) is 11.1 Å². The van der Waals surface area contributed by atoms with Gasteiger partial charge in [0.05, 0.1) is 25.0 Å². The van der Waals surface area contributed by atoms with Crippen LogP contribution in [0.2, 0.25) is 0 Å². The highest BCUT2D eigenvalue weighted by molar-refractivity contribution is 5.70. The Morgan fingerprint density at radius 1 is 1.29 bits per heavy atom. The van der Waals surface area contributed by atoms with Gasteiger partial charge in [0.1, 0.15) is 6.10 Å². The molecule has 0 heterocycles. The molecular formula is C12H13NO4. The van der Waals surface area contributed by atoms with Gasteiger partial charge in [0.25, 0.3) is 0 Å². The number of rotatable bonds is 5. The lowest BCUT2D eigenvalue weighted by molar-refractivity contribution is -0.136. The number of aliphatic hydroxyl groups is 2. The summed E-state index contributed by atoms with van der Waals surface area (Å²) in [7, 11) is 0. The smallest absolute Gasteiger partial charge is 0.307 e. The van der Waals surface area contributed by atoms with E-state index in [1.165, 1.54) is 0 Å². The third-order valence-corrected chi connectivity index (χ3v) is 2.34. The summed E-state index contributed by atoms with van der Waals surface area (Å²) in [6.45, 7) is 0. The Hall–Kier alpha value is -1.90. The summed E-state index contributed by atoms with van der Waals surface area (Å²) < 4.78 is 0. The van der Waals surface area contributed by atoms with Crippen LogP contribution < -0.4 is 0 Å². The molecule has 5 heteroatoms. The largest absolute Gasteiger partial charge is 0.481 e. The second-order valence-electron chi connectivity index (χ2n) is 3.69. The summed E-state index contributed by atoms with van der Waals surface area (Å²) in [5, 5.41) is 36.1. The number of hydrogen-bond acceptors (Lipinski definition) is 4. The van der Waals surface area contributed by atoms with Crippen LogP contribution in [0.5, 0.6) is 0 Å². The van der Waals surface area contributed by atoms with Crippen LogP contribution in [-0.4, -0.2) is 27.4 Å². The van der Waals surface area contributed by atoms with Gasteiger partial charge in [-0.25, -0.2) is 0 Å². The Kier molecular flexibility index (Phi) is 4.64. The summed E-state index contributed by atoms with van der Waals surface area (Å²) in [5.41, 5.74) is 1.07. The summed E-state index contributed by atoms with van der Waals surface area (Å²) in [5.74, 6) is -0.928. The number of benzene rings is 1. The second-order valence-corrected chi connectivity index (χ2v) is 3.69. The van der Waals surface area contributed by atoms with Crippen molar-refractivity contribution in [3.8, 4) is 6.07 Å². The summed E-state index contributed by atoms with van der Waals surface area (Å²) >= 11 is 0. The Morgan fingerprint density at radius 3 is 2.35 bits per heavy atom. The average Bonchev–Trinajstić information content (AvgIpc) is 2.28. The maximum Gasteiger partial charge on any atom is 0.307 e. The van der Waals surface area contributed by atoms with Gasteiger partial charge in [-0.1, -0.05) is 24.3 Å². The van der Waals surface area contributed by atoms with Crippen molar-refractivity contribution in [1.29, 1.82) is 5.26 Å². The van der Waals surface area contributed by atoms with Crippen molar-refractivity contribution in [1.82, 2.24) is 0 Å². The fourth-order valence-corrected chi connectivity index (χ4v) is 1.43. The molecule has 2 atom stereocenters. The van der Waals surface area contributed by atoms with Crippen LogP contribution in [0.15, 0.2) is 24.3 Å². The van der Waals surface area contributed by atoms with Gasteiger partial charge in [-0.3, -0.25) is 4.79 Å². The molecule has 0 radical (unpaired) electrons. The van der Waals surface area contributed by atoms with E-state index in [1.54, 1.807) is 30.3 Å². The van der Waals surface area contributed by atoms with E-state index in [9.17, 15) is 15.0 Å². The number of aliphatic carboxylic acids is 1. The topological polar surface area (TPSA) is 102 Å². The van der Waals surface area contributed by atoms with Crippen molar-refractivity contribution in [3.63, 3.8) is 0 Å². The van der Waals surface area contributed by atoms with Crippen molar-refractivity contribution in [2.45, 2.75) is 25.0 Å². The van der Waals surface area contributed by atoms with Crippen molar-refractivity contribution in [3.05, 3.63) is 35.4 Å². The molecule has 0 fully saturated rings. The monoisotopic (exact) mass is 235 g/mol. The molecular weight excluding hydrogens is 222 g/mol. The van der Waals surface area contributed by atoms with E-state index in [0.717, 1.165) is 0 Å². The number of carboxylic acids is 1. The van der Waals surface area contributed by atoms with Crippen molar-refractivity contribution in [2.75, 3.05) is 0 Å². The van der Waals surface area contributed by atoms with E-state index in [4.69, 9.17) is 10.4 Å². The Bertz CT molecular complexity index is 421. The maximum absolute atomic E-state index is 10.5. The lowest BCUT2D eigenvalue weighted by Crippen LogP contribution is -2.17. The highest BCUT2D eigenvalue weighted by Crippen LogP contribution is 2.19. The third kappa shape index (κ3) is 3.87. The number of aliphatic hydroxyl groups excluding tert-OH is 2. The SMILES string of the molecule is N#CCC(O)C(O)c1ccc(CC(=O)O)cc1. The van der Waals surface area contributed by atoms with E-state index in [0.29, 0.717) is 11.1 Å². The van der Waals surface area contributed by atoms with Crippen molar-refractivity contribution >= 4 is 5.97 Å². The third-order valence-electron chi connectivity index (χ3n) is 2.34. The van der Waals surface area contributed by atoms with Gasteiger partial charge in [-0.15, -0.1) is 0 Å². The number of carboxylic acid groups (broad SMARTS) is 1. The van der Waals surface area contributed by atoms with Gasteiger partial charge in [0.2, 0.25) is 0 Å². The first-order valence-corrected chi connectivity index (χ1v) is 5.08. The van der Waals surface area contributed by atoms with Crippen LogP contribution >= 0.6 is 0 Å². The number of carbonyl (C=O) groups is 1. The van der Waals surface area contributed by atoms with Gasteiger partial charge >= 0.3 is 5.97 Å². The predicted octanol–water partition coefficient (Wildman–Crippen LogP) is 0.622. The molecule has 5 nitrogen and oxygen atoms in total. The van der Waals surface area contributed by atoms with Crippen LogP contribution in [0.4, 0.5) is 0 Å². The fraction of sp³-hybridized carbons (Fsp3) is 0.333. The molecule has 3 N–H and O–H groups in total. The van der Waals surface area contributed by atoms with Crippen LogP contribution in [0, 0.1) is 11.3 Å². The first kappa shape index (κ1) is 13.2. The first-order valence-electron chi connectivity index (χ1n) is 5.08. The molecule has 1 aromatic carbocycles. The van der Waals surface area contributed by atoms with Crippen molar-refractivity contribution in [2.24, 2.45) is 0 Å². The quantitative estimate of drug-likeness (QED) is 0.694. The van der Waals surface area contributed by atoms with E-state index < -0.39 is 18.2 Å². The molecule has 90 valence electrons. The Labute approximate surface area is 98.6 Å². The minimum atomic E-state index is -1.13. The molecule has 0 bridgehead atoms. The van der Waals surface area contributed by atoms with Gasteiger partial charge < -0.3 is 15.3 Å². The molecule has 1 rings (SSSR count). The van der Waals surface area contributed by atoms with Crippen LogP contribution in [0.25, 0.3) is 0 Å². The molecule has 0 aliphatic heterocycles. The summed E-state index contributed by atoms with van der Waals surface area (Å²) in [4.78, 5) is 10.5. The van der Waals surface area contributed by atoms with E-state index >= 15 is 0 Å². The van der Waals surface area contributed by atoms with E-state index in [2.05, 4.69) is 0 Å². The number of nitriles is 1. The molecule has 0 aromatic heterocycles. The summed E-state index contributed by atoms with van der Waals surface area (Å²) in [6, 6.07) is 8.01. The molecule has 0 saturated heterocycles. The summed E-state index contributed by atoms with van der Waals surface area (Å²) in [6.07, 6.45) is -2.51. The molecule has 2 unspecified atom stereocenters. The van der Waals surface area contributed by atoms with Gasteiger partial charge in [0.15, 0.2) is 0 Å². The molecule has 0 spiro atoms. The average molecular weight is 235 g/mol. The normalized spacial score (nSPS) is 13.7. The molecule has 0 aliphatic carbocycles. The highest BCUT2D eigenvalue weighted by Gasteiger charge is 2.17. The zero-order valence-corrected chi connectivity index (χ0v) is 9.08. The van der Waals surface area contributed by atoms with E-state index in [-0.39, 0.29) is 12.8 Å². The Balaban J connectivity index is 2.73. The molecule has 0 aliphatic rings. The molecule has 1 aromatic rings. The predicted molar refractivity (Wildman–Crippen MR) is 59.0 cm³/mol.